The number of aryl methyl sites for hydroxylation is 2. The molecular formula is C17H19BrFN. The number of nitrogens with one attached hydrogen (secondary N) is 1. The van der Waals surface area contributed by atoms with Crippen LogP contribution in [0.3, 0.4) is 0 Å². The molecule has 1 unspecified atom stereocenters. The monoisotopic (exact) mass is 335 g/mol. The van der Waals surface area contributed by atoms with E-state index in [0.29, 0.717) is 10.0 Å². The molecule has 0 aliphatic carbocycles. The molecule has 0 aliphatic heterocycles. The third kappa shape index (κ3) is 3.10. The van der Waals surface area contributed by atoms with Gasteiger partial charge in [0.1, 0.15) is 5.82 Å². The average molecular weight is 336 g/mol. The maximum atomic E-state index is 14.4. The van der Waals surface area contributed by atoms with E-state index in [0.717, 1.165) is 12.1 Å². The van der Waals surface area contributed by atoms with E-state index in [4.69, 9.17) is 0 Å². The van der Waals surface area contributed by atoms with Crippen LogP contribution in [-0.2, 0) is 0 Å². The maximum Gasteiger partial charge on any atom is 0.142 e. The van der Waals surface area contributed by atoms with Crippen LogP contribution in [0, 0.1) is 19.7 Å². The molecule has 0 fully saturated rings. The first kappa shape index (κ1) is 15.2. The second-order valence-corrected chi connectivity index (χ2v) is 5.85. The molecule has 0 aliphatic rings. The van der Waals surface area contributed by atoms with E-state index in [2.05, 4.69) is 53.3 Å². The zero-order chi connectivity index (χ0) is 14.7. The Balaban J connectivity index is 2.53. The van der Waals surface area contributed by atoms with Crippen LogP contribution in [0.2, 0.25) is 0 Å². The van der Waals surface area contributed by atoms with Gasteiger partial charge < -0.3 is 5.32 Å². The largest absolute Gasteiger partial charge is 0.306 e. The van der Waals surface area contributed by atoms with Crippen molar-refractivity contribution in [2.45, 2.75) is 26.8 Å². The highest BCUT2D eigenvalue weighted by atomic mass is 79.9. The van der Waals surface area contributed by atoms with Gasteiger partial charge in [0.2, 0.25) is 0 Å². The molecule has 0 saturated heterocycles. The first-order valence-electron chi connectivity index (χ1n) is 6.79. The summed E-state index contributed by atoms with van der Waals surface area (Å²) in [5.41, 5.74) is 4.19. The quantitative estimate of drug-likeness (QED) is 0.837. The first-order chi connectivity index (χ1) is 9.54. The molecule has 2 aromatic rings. The van der Waals surface area contributed by atoms with E-state index in [1.165, 1.54) is 11.1 Å². The summed E-state index contributed by atoms with van der Waals surface area (Å²) in [5, 5.41) is 3.38. The average Bonchev–Trinajstić information content (AvgIpc) is 2.40. The van der Waals surface area contributed by atoms with Crippen molar-refractivity contribution in [1.82, 2.24) is 5.32 Å². The smallest absolute Gasteiger partial charge is 0.142 e. The minimum absolute atomic E-state index is 0.127. The Kier molecular flexibility index (Phi) is 4.95. The minimum Gasteiger partial charge on any atom is -0.306 e. The lowest BCUT2D eigenvalue weighted by molar-refractivity contribution is 0.553. The molecule has 2 aromatic carbocycles. The van der Waals surface area contributed by atoms with E-state index in [-0.39, 0.29) is 11.9 Å². The molecule has 2 rings (SSSR count). The van der Waals surface area contributed by atoms with Gasteiger partial charge in [-0.25, -0.2) is 4.39 Å². The minimum atomic E-state index is -0.196. The number of benzene rings is 2. The van der Waals surface area contributed by atoms with Gasteiger partial charge in [-0.2, -0.15) is 0 Å². The lowest BCUT2D eigenvalue weighted by Crippen LogP contribution is -2.24. The summed E-state index contributed by atoms with van der Waals surface area (Å²) in [7, 11) is 0. The molecule has 0 amide bonds. The highest BCUT2D eigenvalue weighted by Crippen LogP contribution is 2.30. The molecule has 0 heterocycles. The van der Waals surface area contributed by atoms with E-state index in [9.17, 15) is 4.39 Å². The van der Waals surface area contributed by atoms with Crippen LogP contribution in [0.4, 0.5) is 4.39 Å². The van der Waals surface area contributed by atoms with Gasteiger partial charge in [-0.05, 0) is 53.5 Å². The third-order valence-corrected chi connectivity index (χ3v) is 4.05. The summed E-state index contributed by atoms with van der Waals surface area (Å²) in [6, 6.07) is 11.6. The molecule has 0 aromatic heterocycles. The summed E-state index contributed by atoms with van der Waals surface area (Å²) in [6.45, 7) is 6.96. The normalized spacial score (nSPS) is 12.4. The lowest BCUT2D eigenvalue weighted by atomic mass is 9.93. The zero-order valence-electron chi connectivity index (χ0n) is 12.0. The molecule has 3 heteroatoms. The van der Waals surface area contributed by atoms with Crippen molar-refractivity contribution < 1.29 is 4.39 Å². The fourth-order valence-corrected chi connectivity index (χ4v) is 2.87. The summed E-state index contributed by atoms with van der Waals surface area (Å²) >= 11 is 3.27. The van der Waals surface area contributed by atoms with Gasteiger partial charge in [-0.1, -0.05) is 42.8 Å². The predicted octanol–water partition coefficient (Wildman–Crippen LogP) is 4.90. The van der Waals surface area contributed by atoms with Crippen molar-refractivity contribution in [3.8, 4) is 0 Å². The number of halogens is 2. The van der Waals surface area contributed by atoms with E-state index in [1.54, 1.807) is 6.07 Å². The Morgan fingerprint density at radius 1 is 1.15 bits per heavy atom. The summed E-state index contributed by atoms with van der Waals surface area (Å²) in [6.07, 6.45) is 0. The highest BCUT2D eigenvalue weighted by molar-refractivity contribution is 9.10. The van der Waals surface area contributed by atoms with Crippen molar-refractivity contribution >= 4 is 15.9 Å². The van der Waals surface area contributed by atoms with Crippen molar-refractivity contribution in [2.75, 3.05) is 6.54 Å². The molecule has 106 valence electrons. The second-order valence-electron chi connectivity index (χ2n) is 4.99. The van der Waals surface area contributed by atoms with E-state index >= 15 is 0 Å². The summed E-state index contributed by atoms with van der Waals surface area (Å²) < 4.78 is 14.9. The van der Waals surface area contributed by atoms with Gasteiger partial charge in [0, 0.05) is 5.56 Å². The SMILES string of the molecule is CCNC(c1ccc(C)cc1C)c1cccc(Br)c1F. The third-order valence-electron chi connectivity index (χ3n) is 3.44. The van der Waals surface area contributed by atoms with Crippen LogP contribution < -0.4 is 5.32 Å². The fraction of sp³-hybridized carbons (Fsp3) is 0.294. The van der Waals surface area contributed by atoms with Crippen LogP contribution >= 0.6 is 15.9 Å². The van der Waals surface area contributed by atoms with Gasteiger partial charge in [-0.3, -0.25) is 0 Å². The molecule has 20 heavy (non-hydrogen) atoms. The molecule has 1 nitrogen and oxygen atoms in total. The highest BCUT2D eigenvalue weighted by Gasteiger charge is 2.19. The van der Waals surface area contributed by atoms with Crippen LogP contribution in [0.5, 0.6) is 0 Å². The number of rotatable bonds is 4. The molecular weight excluding hydrogens is 317 g/mol. The Morgan fingerprint density at radius 3 is 2.55 bits per heavy atom. The van der Waals surface area contributed by atoms with Crippen LogP contribution in [-0.4, -0.2) is 6.54 Å². The maximum absolute atomic E-state index is 14.4. The Hall–Kier alpha value is -1.19. The van der Waals surface area contributed by atoms with Crippen molar-refractivity contribution in [2.24, 2.45) is 0 Å². The van der Waals surface area contributed by atoms with E-state index in [1.807, 2.05) is 19.1 Å². The molecule has 1 N–H and O–H groups in total. The standard InChI is InChI=1S/C17H19BrFN/c1-4-20-17(13-9-8-11(2)10-12(13)3)14-6-5-7-15(18)16(14)19/h5-10,17,20H,4H2,1-3H3. The summed E-state index contributed by atoms with van der Waals surface area (Å²) in [4.78, 5) is 0. The Labute approximate surface area is 128 Å². The predicted molar refractivity (Wildman–Crippen MR) is 85.5 cm³/mol. The lowest BCUT2D eigenvalue weighted by Gasteiger charge is -2.22. The molecule has 0 bridgehead atoms. The van der Waals surface area contributed by atoms with Gasteiger partial charge in [0.15, 0.2) is 0 Å². The van der Waals surface area contributed by atoms with Gasteiger partial charge in [0.25, 0.3) is 0 Å². The first-order valence-corrected chi connectivity index (χ1v) is 7.58. The molecule has 0 spiro atoms. The van der Waals surface area contributed by atoms with Crippen molar-refractivity contribution in [3.63, 3.8) is 0 Å². The Bertz CT molecular complexity index is 610. The van der Waals surface area contributed by atoms with Crippen LogP contribution in [0.15, 0.2) is 40.9 Å². The van der Waals surface area contributed by atoms with Gasteiger partial charge in [-0.15, -0.1) is 0 Å². The van der Waals surface area contributed by atoms with Crippen LogP contribution in [0.1, 0.15) is 35.2 Å². The van der Waals surface area contributed by atoms with Crippen molar-refractivity contribution in [1.29, 1.82) is 0 Å². The summed E-state index contributed by atoms with van der Waals surface area (Å²) in [5.74, 6) is -0.196. The van der Waals surface area contributed by atoms with Gasteiger partial charge in [0.05, 0.1) is 10.5 Å². The molecule has 1 atom stereocenters. The molecule has 0 saturated carbocycles. The van der Waals surface area contributed by atoms with E-state index < -0.39 is 0 Å². The topological polar surface area (TPSA) is 12.0 Å². The van der Waals surface area contributed by atoms with Crippen molar-refractivity contribution in [3.05, 3.63) is 68.9 Å². The number of hydrogen-bond acceptors (Lipinski definition) is 1. The zero-order valence-corrected chi connectivity index (χ0v) is 13.6. The second kappa shape index (κ2) is 6.51. The Morgan fingerprint density at radius 2 is 1.90 bits per heavy atom. The van der Waals surface area contributed by atoms with Crippen LogP contribution in [0.25, 0.3) is 0 Å². The molecule has 0 radical (unpaired) electrons. The fourth-order valence-electron chi connectivity index (χ4n) is 2.48. The van der Waals surface area contributed by atoms with Gasteiger partial charge >= 0.3 is 0 Å². The number of hydrogen-bond donors (Lipinski definition) is 1.